The Kier molecular flexibility index (Phi) is 41.6. The third-order valence-electron chi connectivity index (χ3n) is 18.2. The van der Waals surface area contributed by atoms with Crippen LogP contribution in [-0.2, 0) is 42.6 Å². The average Bonchev–Trinajstić information content (AvgIpc) is 1.53. The van der Waals surface area contributed by atoms with E-state index in [0.29, 0.717) is 136 Å². The van der Waals surface area contributed by atoms with E-state index in [2.05, 4.69) is 71.0 Å². The third-order valence-corrected chi connectivity index (χ3v) is 21.6. The van der Waals surface area contributed by atoms with Crippen LogP contribution in [0.15, 0.2) is 58.7 Å². The molecule has 6 rings (SSSR count). The van der Waals surface area contributed by atoms with E-state index in [-0.39, 0.29) is 29.3 Å². The highest BCUT2D eigenvalue weighted by Crippen LogP contribution is 2.71. The lowest BCUT2D eigenvalue weighted by Gasteiger charge is -2.47. The van der Waals surface area contributed by atoms with Gasteiger partial charge in [0.05, 0.1) is 128 Å². The van der Waals surface area contributed by atoms with Crippen molar-refractivity contribution >= 4 is 33.3 Å². The van der Waals surface area contributed by atoms with Crippen LogP contribution < -0.4 is 28.4 Å². The van der Waals surface area contributed by atoms with Gasteiger partial charge < -0.3 is 71.1 Å². The molecule has 2 aliphatic carbocycles. The van der Waals surface area contributed by atoms with Crippen molar-refractivity contribution in [2.45, 2.75) is 217 Å². The zero-order valence-electron chi connectivity index (χ0n) is 60.3. The number of allylic oxidation sites excluding steroid dienone is 4. The van der Waals surface area contributed by atoms with Crippen LogP contribution >= 0.6 is 23.5 Å². The van der Waals surface area contributed by atoms with Crippen LogP contribution in [0.2, 0.25) is 0 Å². The number of thioether (sulfide) groups is 2. The fraction of sp³-hybridized carbons (Fsp3) is 0.744. The van der Waals surface area contributed by atoms with Gasteiger partial charge in [-0.25, -0.2) is 0 Å². The summed E-state index contributed by atoms with van der Waals surface area (Å²) in [4.78, 5) is 2.39. The normalized spacial score (nSPS) is 17.3. The summed E-state index contributed by atoms with van der Waals surface area (Å²) in [7, 11) is 5.00. The molecule has 2 heterocycles. The molecule has 0 spiro atoms. The fourth-order valence-electron chi connectivity index (χ4n) is 12.6. The molecule has 1 saturated carbocycles. The minimum atomic E-state index is -0.339. The highest BCUT2D eigenvalue weighted by Gasteiger charge is 2.59. The molecule has 95 heavy (non-hydrogen) atoms. The molecule has 4 aliphatic rings. The van der Waals surface area contributed by atoms with E-state index in [4.69, 9.17) is 71.1 Å². The molecule has 2 unspecified atom stereocenters. The first-order valence-corrected chi connectivity index (χ1v) is 38.8. The largest absolute Gasteiger partial charge is 0.490 e. The number of benzene rings is 2. The monoisotopic (exact) mass is 1370 g/mol. The van der Waals surface area contributed by atoms with Crippen molar-refractivity contribution in [2.24, 2.45) is 0 Å². The molecule has 0 radical (unpaired) electrons. The van der Waals surface area contributed by atoms with Gasteiger partial charge in [0.2, 0.25) is 11.5 Å². The summed E-state index contributed by atoms with van der Waals surface area (Å²) < 4.78 is 90.5. The zero-order chi connectivity index (χ0) is 67.3. The Bertz CT molecular complexity index is 2280. The van der Waals surface area contributed by atoms with Gasteiger partial charge in [-0.3, -0.25) is 0 Å². The summed E-state index contributed by atoms with van der Waals surface area (Å²) >= 11 is 3.95. The second kappa shape index (κ2) is 49.1. The van der Waals surface area contributed by atoms with Gasteiger partial charge >= 0.3 is 0 Å². The van der Waals surface area contributed by atoms with E-state index >= 15 is 0 Å². The molecule has 2 aliphatic heterocycles. The van der Waals surface area contributed by atoms with Gasteiger partial charge in [0.1, 0.15) is 19.8 Å². The molecular formula is C78H126O15S2. The highest BCUT2D eigenvalue weighted by atomic mass is 32.2. The average molecular weight is 1370 g/mol. The number of fused-ring (bicyclic) bond motifs is 4. The van der Waals surface area contributed by atoms with E-state index in [1.807, 2.05) is 23.5 Å². The molecule has 0 bridgehead atoms. The minimum Gasteiger partial charge on any atom is -0.490 e. The second-order valence-electron chi connectivity index (χ2n) is 25.7. The number of methoxy groups -OCH3 is 3. The van der Waals surface area contributed by atoms with E-state index < -0.39 is 0 Å². The van der Waals surface area contributed by atoms with Crippen LogP contribution in [0, 0.1) is 0 Å². The Morgan fingerprint density at radius 1 is 0.305 bits per heavy atom. The predicted octanol–water partition coefficient (Wildman–Crippen LogP) is 18.6. The number of hydrogen-bond acceptors (Lipinski definition) is 17. The van der Waals surface area contributed by atoms with Crippen LogP contribution in [0.3, 0.4) is 0 Å². The maximum absolute atomic E-state index is 6.96. The van der Waals surface area contributed by atoms with Gasteiger partial charge in [-0.05, 0) is 122 Å². The van der Waals surface area contributed by atoms with E-state index in [1.54, 1.807) is 21.3 Å². The first-order chi connectivity index (χ1) is 46.8. The van der Waals surface area contributed by atoms with Gasteiger partial charge in [-0.15, -0.1) is 23.5 Å². The van der Waals surface area contributed by atoms with Gasteiger partial charge in [0.25, 0.3) is 0 Å². The Hall–Kier alpha value is -3.46. The lowest BCUT2D eigenvalue weighted by Crippen LogP contribution is -2.47. The van der Waals surface area contributed by atoms with Crippen molar-refractivity contribution in [1.29, 1.82) is 0 Å². The molecule has 15 nitrogen and oxygen atoms in total. The predicted molar refractivity (Wildman–Crippen MR) is 390 cm³/mol. The zero-order valence-corrected chi connectivity index (χ0v) is 62.0. The number of ether oxygens (including phenoxy) is 15. The maximum atomic E-state index is 6.96. The van der Waals surface area contributed by atoms with Crippen LogP contribution in [0.25, 0.3) is 9.81 Å². The summed E-state index contributed by atoms with van der Waals surface area (Å²) in [5.41, 5.74) is 7.93. The first-order valence-electron chi connectivity index (χ1n) is 37.1. The first kappa shape index (κ1) is 80.5. The quantitative estimate of drug-likeness (QED) is 0.0580. The summed E-state index contributed by atoms with van der Waals surface area (Å²) in [6.07, 6.45) is 38.1. The Morgan fingerprint density at radius 3 is 0.874 bits per heavy atom. The number of hydrogen-bond donors (Lipinski definition) is 0. The third kappa shape index (κ3) is 27.9. The molecular weight excluding hydrogens is 1240 g/mol. The van der Waals surface area contributed by atoms with Gasteiger partial charge in [0.15, 0.2) is 23.0 Å². The summed E-state index contributed by atoms with van der Waals surface area (Å²) in [5.74, 6) is 3.99. The summed E-state index contributed by atoms with van der Waals surface area (Å²) in [5, 5.41) is 0. The number of rotatable bonds is 62. The van der Waals surface area contributed by atoms with Crippen molar-refractivity contribution in [3.05, 3.63) is 69.8 Å². The van der Waals surface area contributed by atoms with Crippen molar-refractivity contribution < 1.29 is 71.1 Å². The van der Waals surface area contributed by atoms with Gasteiger partial charge in [-0.2, -0.15) is 0 Å². The molecule has 2 atom stereocenters. The molecule has 540 valence electrons. The van der Waals surface area contributed by atoms with E-state index in [9.17, 15) is 0 Å². The molecule has 0 saturated heterocycles. The van der Waals surface area contributed by atoms with Crippen molar-refractivity contribution in [3.8, 4) is 34.5 Å². The van der Waals surface area contributed by atoms with Crippen LogP contribution in [-0.4, -0.2) is 170 Å². The second-order valence-corrected chi connectivity index (χ2v) is 28.6. The highest BCUT2D eigenvalue weighted by molar-refractivity contribution is 8.14. The molecule has 0 N–H and O–H groups in total. The lowest BCUT2D eigenvalue weighted by atomic mass is 9.72. The summed E-state index contributed by atoms with van der Waals surface area (Å²) in [6, 6.07) is 8.78. The number of unbranched alkanes of at least 4 members (excludes halogenated alkanes) is 21. The van der Waals surface area contributed by atoms with E-state index in [0.717, 1.165) is 91.1 Å². The standard InChI is InChI=1S/C78H126O15S2/c1-9-12-15-18-21-24-27-30-36-88-69-57-63(58-70(89-37-31-28-25-22-19-16-13-10-2)75(69)92-38-32-29-26-23-20-17-14-11-3)73-61-67-65-34-33-35-66(65)68-62-74(95-78(68,5)77(67,4)94-73)64-59-71(90-54-51-85-48-45-82-42-39-79-6)76(93-56-53-87-50-47-84-44-41-81-8)72(60-64)91-55-52-86-49-46-83-43-40-80-7/h57-62H,9-56H2,1-8H3. The summed E-state index contributed by atoms with van der Waals surface area (Å²) in [6.45, 7) is 21.4. The molecule has 0 aromatic heterocycles. The van der Waals surface area contributed by atoms with Crippen molar-refractivity contribution in [3.63, 3.8) is 0 Å². The Balaban J connectivity index is 1.30. The SMILES string of the molecule is CCCCCCCCCCOc1cc(C2=CC3=C4CCCC4=C4C=C(c5cc(OCCOCCOCCOC)c(OCCOCCOCCOC)c(OCCOCCOCCOC)c5)SC4(C)C3(C)S2)cc(OCCCCCCCCCC)c1OCCCCCCCCCC. The van der Waals surface area contributed by atoms with Crippen molar-refractivity contribution in [1.82, 2.24) is 0 Å². The van der Waals surface area contributed by atoms with Crippen molar-refractivity contribution in [2.75, 3.05) is 160 Å². The Morgan fingerprint density at radius 2 is 0.558 bits per heavy atom. The van der Waals surface area contributed by atoms with E-state index in [1.165, 1.54) is 143 Å². The minimum absolute atomic E-state index is 0.261. The smallest absolute Gasteiger partial charge is 0.203 e. The van der Waals surface area contributed by atoms with Crippen LogP contribution in [0.1, 0.15) is 219 Å². The maximum Gasteiger partial charge on any atom is 0.203 e. The molecule has 0 amide bonds. The fourth-order valence-corrected chi connectivity index (χ4v) is 15.8. The molecule has 1 fully saturated rings. The van der Waals surface area contributed by atoms with Crippen LogP contribution in [0.4, 0.5) is 0 Å². The van der Waals surface area contributed by atoms with Crippen LogP contribution in [0.5, 0.6) is 34.5 Å². The molecule has 2 aromatic rings. The van der Waals surface area contributed by atoms with Gasteiger partial charge in [-0.1, -0.05) is 156 Å². The van der Waals surface area contributed by atoms with Gasteiger partial charge in [0, 0.05) is 31.1 Å². The molecule has 17 heteroatoms. The lowest BCUT2D eigenvalue weighted by molar-refractivity contribution is 0.0146. The molecule has 2 aromatic carbocycles. The Labute approximate surface area is 583 Å². The topological polar surface area (TPSA) is 138 Å².